The van der Waals surface area contributed by atoms with Crippen LogP contribution in [0.25, 0.3) is 0 Å². The van der Waals surface area contributed by atoms with Gasteiger partial charge in [0, 0.05) is 18.7 Å². The predicted octanol–water partition coefficient (Wildman–Crippen LogP) is 1.78. The normalized spacial score (nSPS) is 13.0. The highest BCUT2D eigenvalue weighted by Gasteiger charge is 1.96. The first-order valence-electron chi connectivity index (χ1n) is 4.02. The lowest BCUT2D eigenvalue weighted by Gasteiger charge is -2.02. The summed E-state index contributed by atoms with van der Waals surface area (Å²) in [6, 6.07) is 0.303. The highest BCUT2D eigenvalue weighted by atomic mass is 32.2. The Bertz CT molecular complexity index is 115. The summed E-state index contributed by atoms with van der Waals surface area (Å²) in [7, 11) is 0. The first kappa shape index (κ1) is 11.0. The predicted molar refractivity (Wildman–Crippen MR) is 50.6 cm³/mol. The Balaban J connectivity index is 2.97. The van der Waals surface area contributed by atoms with Gasteiger partial charge in [0.25, 0.3) is 0 Å². The molecule has 3 heteroatoms. The average Bonchev–Trinajstić information content (AvgIpc) is 1.85. The molecular weight excluding hydrogens is 158 g/mol. The molecule has 0 amide bonds. The van der Waals surface area contributed by atoms with Crippen LogP contribution in [0, 0.1) is 0 Å². The Labute approximate surface area is 72.9 Å². The largest absolute Gasteiger partial charge is 0.328 e. The molecule has 0 heterocycles. The SMILES string of the molecule is CC(=O)SCCCCC(C)N. The second-order valence-electron chi connectivity index (χ2n) is 2.81. The van der Waals surface area contributed by atoms with Crippen LogP contribution in [0.3, 0.4) is 0 Å². The Kier molecular flexibility index (Phi) is 6.66. The lowest BCUT2D eigenvalue weighted by atomic mass is 10.2. The highest BCUT2D eigenvalue weighted by molar-refractivity contribution is 8.13. The standard InChI is InChI=1S/C8H17NOS/c1-7(9)5-3-4-6-11-8(2)10/h7H,3-6,9H2,1-2H3. The van der Waals surface area contributed by atoms with Gasteiger partial charge in [-0.15, -0.1) is 0 Å². The van der Waals surface area contributed by atoms with Crippen molar-refractivity contribution in [2.45, 2.75) is 39.2 Å². The van der Waals surface area contributed by atoms with Crippen molar-refractivity contribution in [3.8, 4) is 0 Å². The number of thioether (sulfide) groups is 1. The van der Waals surface area contributed by atoms with Gasteiger partial charge in [-0.1, -0.05) is 18.2 Å². The van der Waals surface area contributed by atoms with Crippen molar-refractivity contribution in [1.82, 2.24) is 0 Å². The van der Waals surface area contributed by atoms with Crippen molar-refractivity contribution in [1.29, 1.82) is 0 Å². The third-order valence-corrected chi connectivity index (χ3v) is 2.26. The third kappa shape index (κ3) is 9.98. The topological polar surface area (TPSA) is 43.1 Å². The molecule has 0 saturated carbocycles. The van der Waals surface area contributed by atoms with Gasteiger partial charge in [0.05, 0.1) is 0 Å². The van der Waals surface area contributed by atoms with Gasteiger partial charge in [0.1, 0.15) is 0 Å². The maximum absolute atomic E-state index is 10.5. The molecule has 0 aliphatic carbocycles. The Morgan fingerprint density at radius 2 is 2.18 bits per heavy atom. The van der Waals surface area contributed by atoms with E-state index in [1.54, 1.807) is 6.92 Å². The van der Waals surface area contributed by atoms with Gasteiger partial charge < -0.3 is 5.73 Å². The summed E-state index contributed by atoms with van der Waals surface area (Å²) in [4.78, 5) is 10.5. The highest BCUT2D eigenvalue weighted by Crippen LogP contribution is 2.07. The van der Waals surface area contributed by atoms with Crippen molar-refractivity contribution in [2.75, 3.05) is 5.75 Å². The fourth-order valence-corrected chi connectivity index (χ4v) is 1.42. The van der Waals surface area contributed by atoms with E-state index in [4.69, 9.17) is 5.73 Å². The molecular formula is C8H17NOS. The van der Waals surface area contributed by atoms with Crippen LogP contribution in [0.4, 0.5) is 0 Å². The molecule has 0 aliphatic rings. The van der Waals surface area contributed by atoms with Crippen molar-refractivity contribution >= 4 is 16.9 Å². The van der Waals surface area contributed by atoms with Gasteiger partial charge in [-0.3, -0.25) is 4.79 Å². The molecule has 11 heavy (non-hydrogen) atoms. The zero-order chi connectivity index (χ0) is 8.69. The minimum atomic E-state index is 0.214. The summed E-state index contributed by atoms with van der Waals surface area (Å²) in [5.41, 5.74) is 5.56. The van der Waals surface area contributed by atoms with E-state index in [0.29, 0.717) is 6.04 Å². The quantitative estimate of drug-likeness (QED) is 0.648. The van der Waals surface area contributed by atoms with Crippen LogP contribution in [-0.2, 0) is 4.79 Å². The third-order valence-electron chi connectivity index (χ3n) is 1.36. The Morgan fingerprint density at radius 3 is 2.64 bits per heavy atom. The van der Waals surface area contributed by atoms with E-state index in [9.17, 15) is 4.79 Å². The van der Waals surface area contributed by atoms with Gasteiger partial charge in [-0.25, -0.2) is 0 Å². The number of unbranched alkanes of at least 4 members (excludes halogenated alkanes) is 1. The van der Waals surface area contributed by atoms with Crippen LogP contribution in [0.5, 0.6) is 0 Å². The average molecular weight is 175 g/mol. The lowest BCUT2D eigenvalue weighted by Crippen LogP contribution is -2.14. The number of nitrogens with two attached hydrogens (primary N) is 1. The molecule has 0 aliphatic heterocycles. The number of carbonyl (C=O) groups excluding carboxylic acids is 1. The van der Waals surface area contributed by atoms with E-state index >= 15 is 0 Å². The number of carbonyl (C=O) groups is 1. The fraction of sp³-hybridized carbons (Fsp3) is 0.875. The molecule has 66 valence electrons. The molecule has 1 unspecified atom stereocenters. The fourth-order valence-electron chi connectivity index (χ4n) is 0.784. The van der Waals surface area contributed by atoms with Crippen LogP contribution in [0.1, 0.15) is 33.1 Å². The lowest BCUT2D eigenvalue weighted by molar-refractivity contribution is -0.109. The number of rotatable bonds is 5. The molecule has 0 radical (unpaired) electrons. The summed E-state index contributed by atoms with van der Waals surface area (Å²) in [6.45, 7) is 3.62. The molecule has 0 fully saturated rings. The first-order valence-corrected chi connectivity index (χ1v) is 5.00. The molecule has 2 N–H and O–H groups in total. The molecule has 0 aromatic heterocycles. The van der Waals surface area contributed by atoms with Crippen LogP contribution >= 0.6 is 11.8 Å². The van der Waals surface area contributed by atoms with Gasteiger partial charge in [0.2, 0.25) is 0 Å². The van der Waals surface area contributed by atoms with E-state index in [1.165, 1.54) is 11.8 Å². The monoisotopic (exact) mass is 175 g/mol. The summed E-state index contributed by atoms with van der Waals surface area (Å²) in [5.74, 6) is 0.946. The maximum atomic E-state index is 10.5. The smallest absolute Gasteiger partial charge is 0.185 e. The van der Waals surface area contributed by atoms with E-state index in [1.807, 2.05) is 6.92 Å². The zero-order valence-electron chi connectivity index (χ0n) is 7.30. The van der Waals surface area contributed by atoms with Gasteiger partial charge in [-0.05, 0) is 19.8 Å². The second kappa shape index (κ2) is 6.68. The Hall–Kier alpha value is -0.0200. The molecule has 1 atom stereocenters. The number of hydrogen-bond acceptors (Lipinski definition) is 3. The van der Waals surface area contributed by atoms with E-state index in [0.717, 1.165) is 25.0 Å². The van der Waals surface area contributed by atoms with Crippen LogP contribution in [0.2, 0.25) is 0 Å². The van der Waals surface area contributed by atoms with Crippen molar-refractivity contribution in [3.63, 3.8) is 0 Å². The molecule has 0 rings (SSSR count). The molecule has 2 nitrogen and oxygen atoms in total. The summed E-state index contributed by atoms with van der Waals surface area (Å²) >= 11 is 1.40. The molecule has 0 bridgehead atoms. The minimum Gasteiger partial charge on any atom is -0.328 e. The second-order valence-corrected chi connectivity index (χ2v) is 4.08. The zero-order valence-corrected chi connectivity index (χ0v) is 8.12. The number of hydrogen-bond donors (Lipinski definition) is 1. The van der Waals surface area contributed by atoms with Crippen molar-refractivity contribution in [3.05, 3.63) is 0 Å². The van der Waals surface area contributed by atoms with Crippen molar-refractivity contribution < 1.29 is 4.79 Å². The van der Waals surface area contributed by atoms with Crippen molar-refractivity contribution in [2.24, 2.45) is 5.73 Å². The van der Waals surface area contributed by atoms with Gasteiger partial charge in [-0.2, -0.15) is 0 Å². The molecule has 0 aromatic rings. The van der Waals surface area contributed by atoms with Gasteiger partial charge >= 0.3 is 0 Å². The van der Waals surface area contributed by atoms with E-state index in [-0.39, 0.29) is 5.12 Å². The maximum Gasteiger partial charge on any atom is 0.185 e. The Morgan fingerprint density at radius 1 is 1.55 bits per heavy atom. The van der Waals surface area contributed by atoms with Crippen LogP contribution in [-0.4, -0.2) is 16.9 Å². The molecule has 0 spiro atoms. The van der Waals surface area contributed by atoms with Crippen LogP contribution in [0.15, 0.2) is 0 Å². The summed E-state index contributed by atoms with van der Waals surface area (Å²) in [6.07, 6.45) is 3.31. The summed E-state index contributed by atoms with van der Waals surface area (Å²) in [5, 5.41) is 0.214. The molecule has 0 aromatic carbocycles. The summed E-state index contributed by atoms with van der Waals surface area (Å²) < 4.78 is 0. The first-order chi connectivity index (χ1) is 5.13. The van der Waals surface area contributed by atoms with Crippen LogP contribution < -0.4 is 5.73 Å². The van der Waals surface area contributed by atoms with E-state index < -0.39 is 0 Å². The molecule has 0 saturated heterocycles. The van der Waals surface area contributed by atoms with E-state index in [2.05, 4.69) is 0 Å². The van der Waals surface area contributed by atoms with Gasteiger partial charge in [0.15, 0.2) is 5.12 Å². The minimum absolute atomic E-state index is 0.214.